The monoisotopic (exact) mass is 260 g/mol. The number of hydrogen-bond acceptors (Lipinski definition) is 5. The van der Waals surface area contributed by atoms with E-state index in [4.69, 9.17) is 4.74 Å². The van der Waals surface area contributed by atoms with Crippen molar-refractivity contribution in [1.82, 2.24) is 15.0 Å². The van der Waals surface area contributed by atoms with Gasteiger partial charge in [0.05, 0.1) is 17.5 Å². The molecule has 92 valence electrons. The Labute approximate surface area is 108 Å². The molecule has 3 rings (SSSR count). The fraction of sp³-hybridized carbons (Fsp3) is 0.167. The van der Waals surface area contributed by atoms with E-state index in [1.807, 2.05) is 30.6 Å². The smallest absolute Gasteiger partial charge is 0.180 e. The van der Waals surface area contributed by atoms with Gasteiger partial charge in [0.1, 0.15) is 11.6 Å². The lowest BCUT2D eigenvalue weighted by Crippen LogP contribution is -1.91. The minimum absolute atomic E-state index is 0.712. The van der Waals surface area contributed by atoms with Crippen LogP contribution in [-0.2, 0) is 0 Å². The van der Waals surface area contributed by atoms with E-state index in [1.165, 1.54) is 0 Å². The number of aromatic amines is 1. The number of H-pyrrole nitrogens is 1. The molecule has 2 N–H and O–H groups in total. The number of ether oxygens (including phenoxy) is 1. The first kappa shape index (κ1) is 11.0. The van der Waals surface area contributed by atoms with Gasteiger partial charge in [-0.3, -0.25) is 0 Å². The standard InChI is InChI=1S/C12H12N4OS/c1-13-10-4-3-8-11(15-10)16-12(14-8)9-5-7(17-2)6-18-9/h3-6H,1-2H3,(H2,13,14,15,16). The van der Waals surface area contributed by atoms with Gasteiger partial charge in [0.25, 0.3) is 0 Å². The van der Waals surface area contributed by atoms with Crippen LogP contribution in [0.25, 0.3) is 21.9 Å². The van der Waals surface area contributed by atoms with E-state index in [0.29, 0.717) is 5.65 Å². The molecule has 0 aliphatic rings. The van der Waals surface area contributed by atoms with E-state index in [9.17, 15) is 0 Å². The lowest BCUT2D eigenvalue weighted by Gasteiger charge is -1.95. The van der Waals surface area contributed by atoms with Crippen LogP contribution in [0.3, 0.4) is 0 Å². The Bertz CT molecular complexity index is 688. The van der Waals surface area contributed by atoms with E-state index in [1.54, 1.807) is 18.4 Å². The van der Waals surface area contributed by atoms with Crippen molar-refractivity contribution >= 4 is 28.3 Å². The van der Waals surface area contributed by atoms with Gasteiger partial charge in [0.15, 0.2) is 11.5 Å². The number of pyridine rings is 1. The van der Waals surface area contributed by atoms with E-state index in [0.717, 1.165) is 27.8 Å². The summed E-state index contributed by atoms with van der Waals surface area (Å²) >= 11 is 1.59. The van der Waals surface area contributed by atoms with Gasteiger partial charge < -0.3 is 15.0 Å². The number of methoxy groups -OCH3 is 1. The van der Waals surface area contributed by atoms with Crippen molar-refractivity contribution in [2.45, 2.75) is 0 Å². The largest absolute Gasteiger partial charge is 0.496 e. The highest BCUT2D eigenvalue weighted by Crippen LogP contribution is 2.30. The predicted molar refractivity (Wildman–Crippen MR) is 73.3 cm³/mol. The maximum absolute atomic E-state index is 5.17. The van der Waals surface area contributed by atoms with Crippen molar-refractivity contribution < 1.29 is 4.74 Å². The van der Waals surface area contributed by atoms with Crippen LogP contribution >= 0.6 is 11.3 Å². The number of nitrogens with one attached hydrogen (secondary N) is 2. The average Bonchev–Trinajstić information content (AvgIpc) is 3.03. The number of thiophene rings is 1. The topological polar surface area (TPSA) is 62.8 Å². The van der Waals surface area contributed by atoms with Crippen molar-refractivity contribution in [3.05, 3.63) is 23.6 Å². The quantitative estimate of drug-likeness (QED) is 0.760. The number of aromatic nitrogens is 3. The van der Waals surface area contributed by atoms with Crippen LogP contribution < -0.4 is 10.1 Å². The number of fused-ring (bicyclic) bond motifs is 1. The number of nitrogens with zero attached hydrogens (tertiary/aromatic N) is 2. The average molecular weight is 260 g/mol. The molecule has 3 aromatic rings. The summed E-state index contributed by atoms with van der Waals surface area (Å²) in [6, 6.07) is 5.84. The van der Waals surface area contributed by atoms with Gasteiger partial charge in [-0.1, -0.05) is 0 Å². The molecule has 6 heteroatoms. The molecule has 18 heavy (non-hydrogen) atoms. The molecule has 0 radical (unpaired) electrons. The molecule has 0 saturated carbocycles. The summed E-state index contributed by atoms with van der Waals surface area (Å²) < 4.78 is 5.17. The second kappa shape index (κ2) is 4.30. The normalized spacial score (nSPS) is 10.8. The second-order valence-electron chi connectivity index (χ2n) is 3.75. The molecular formula is C12H12N4OS. The van der Waals surface area contributed by atoms with E-state index in [2.05, 4.69) is 20.3 Å². The first-order chi connectivity index (χ1) is 8.80. The Balaban J connectivity index is 2.07. The van der Waals surface area contributed by atoms with Gasteiger partial charge in [-0.05, 0) is 12.1 Å². The lowest BCUT2D eigenvalue weighted by molar-refractivity contribution is 0.417. The third kappa shape index (κ3) is 1.80. The molecule has 0 aromatic carbocycles. The van der Waals surface area contributed by atoms with Crippen LogP contribution in [0.2, 0.25) is 0 Å². The summed E-state index contributed by atoms with van der Waals surface area (Å²) in [6.45, 7) is 0. The Morgan fingerprint density at radius 1 is 1.33 bits per heavy atom. The summed E-state index contributed by atoms with van der Waals surface area (Å²) in [5.74, 6) is 2.47. The van der Waals surface area contributed by atoms with Gasteiger partial charge in [0.2, 0.25) is 0 Å². The highest BCUT2D eigenvalue weighted by atomic mass is 32.1. The third-order valence-corrected chi connectivity index (χ3v) is 3.56. The van der Waals surface area contributed by atoms with Crippen molar-refractivity contribution in [1.29, 1.82) is 0 Å². The molecule has 0 aliphatic heterocycles. The Kier molecular flexibility index (Phi) is 2.64. The minimum Gasteiger partial charge on any atom is -0.496 e. The fourth-order valence-corrected chi connectivity index (χ4v) is 2.50. The molecule has 0 fully saturated rings. The van der Waals surface area contributed by atoms with Crippen LogP contribution in [-0.4, -0.2) is 29.1 Å². The maximum Gasteiger partial charge on any atom is 0.180 e. The van der Waals surface area contributed by atoms with Gasteiger partial charge in [-0.25, -0.2) is 9.97 Å². The van der Waals surface area contributed by atoms with Crippen molar-refractivity contribution in [3.63, 3.8) is 0 Å². The number of hydrogen-bond donors (Lipinski definition) is 2. The van der Waals surface area contributed by atoms with Gasteiger partial charge in [-0.2, -0.15) is 0 Å². The number of rotatable bonds is 3. The molecule has 3 heterocycles. The third-order valence-electron chi connectivity index (χ3n) is 2.65. The van der Waals surface area contributed by atoms with Crippen LogP contribution in [0.15, 0.2) is 23.6 Å². The molecule has 5 nitrogen and oxygen atoms in total. The lowest BCUT2D eigenvalue weighted by atomic mass is 10.4. The maximum atomic E-state index is 5.17. The van der Waals surface area contributed by atoms with Gasteiger partial charge in [0, 0.05) is 18.5 Å². The zero-order valence-electron chi connectivity index (χ0n) is 10.0. The Morgan fingerprint density at radius 2 is 2.22 bits per heavy atom. The van der Waals surface area contributed by atoms with Crippen LogP contribution in [0.5, 0.6) is 5.75 Å². The van der Waals surface area contributed by atoms with Gasteiger partial charge >= 0.3 is 0 Å². The molecule has 0 unspecified atom stereocenters. The predicted octanol–water partition coefficient (Wildman–Crippen LogP) is 2.74. The second-order valence-corrected chi connectivity index (χ2v) is 4.67. The van der Waals surface area contributed by atoms with Crippen molar-refractivity contribution in [2.75, 3.05) is 19.5 Å². The fourth-order valence-electron chi connectivity index (χ4n) is 1.70. The molecule has 0 bridgehead atoms. The number of anilines is 1. The van der Waals surface area contributed by atoms with E-state index in [-0.39, 0.29) is 0 Å². The molecule has 0 atom stereocenters. The highest BCUT2D eigenvalue weighted by Gasteiger charge is 2.09. The van der Waals surface area contributed by atoms with Crippen molar-refractivity contribution in [3.8, 4) is 16.5 Å². The molecule has 0 aliphatic carbocycles. The molecule has 0 spiro atoms. The summed E-state index contributed by atoms with van der Waals surface area (Å²) in [7, 11) is 3.50. The minimum atomic E-state index is 0.712. The molecular weight excluding hydrogens is 248 g/mol. The first-order valence-corrected chi connectivity index (χ1v) is 6.35. The van der Waals surface area contributed by atoms with Crippen molar-refractivity contribution in [2.24, 2.45) is 0 Å². The zero-order valence-corrected chi connectivity index (χ0v) is 10.8. The van der Waals surface area contributed by atoms with Crippen LogP contribution in [0.4, 0.5) is 5.82 Å². The Morgan fingerprint density at radius 3 is 2.94 bits per heavy atom. The zero-order chi connectivity index (χ0) is 12.5. The Hall–Kier alpha value is -2.08. The summed E-state index contributed by atoms with van der Waals surface area (Å²) in [6.07, 6.45) is 0. The summed E-state index contributed by atoms with van der Waals surface area (Å²) in [5.41, 5.74) is 1.64. The first-order valence-electron chi connectivity index (χ1n) is 5.47. The SMILES string of the molecule is CNc1ccc2[nH]c(-c3cc(OC)cs3)nc2n1. The summed E-state index contributed by atoms with van der Waals surface area (Å²) in [5, 5.41) is 4.95. The van der Waals surface area contributed by atoms with Gasteiger partial charge in [-0.15, -0.1) is 11.3 Å². The van der Waals surface area contributed by atoms with E-state index >= 15 is 0 Å². The number of imidazole rings is 1. The highest BCUT2D eigenvalue weighted by molar-refractivity contribution is 7.13. The summed E-state index contributed by atoms with van der Waals surface area (Å²) in [4.78, 5) is 13.2. The molecule has 3 aromatic heterocycles. The van der Waals surface area contributed by atoms with Crippen LogP contribution in [0.1, 0.15) is 0 Å². The van der Waals surface area contributed by atoms with E-state index < -0.39 is 0 Å². The molecule has 0 saturated heterocycles. The molecule has 0 amide bonds. The van der Waals surface area contributed by atoms with Crippen LogP contribution in [0, 0.1) is 0 Å².